The molecule has 9 heteroatoms. The van der Waals surface area contributed by atoms with Gasteiger partial charge >= 0.3 is 0 Å². The Balaban J connectivity index is 1.78. The number of fused-ring (bicyclic) bond motifs is 1. The van der Waals surface area contributed by atoms with Crippen LogP contribution in [0.2, 0.25) is 0 Å². The summed E-state index contributed by atoms with van der Waals surface area (Å²) in [5, 5.41) is 32.4. The van der Waals surface area contributed by atoms with Gasteiger partial charge in [-0.3, -0.25) is 10.1 Å². The maximum Gasteiger partial charge on any atom is 0.293 e. The van der Waals surface area contributed by atoms with Crippen molar-refractivity contribution < 1.29 is 14.8 Å². The summed E-state index contributed by atoms with van der Waals surface area (Å²) in [6.45, 7) is 2.11. The van der Waals surface area contributed by atoms with Crippen LogP contribution in [0.3, 0.4) is 0 Å². The number of aliphatic hydroxyl groups excluding tert-OH is 1. The summed E-state index contributed by atoms with van der Waals surface area (Å²) in [4.78, 5) is 17.4. The molecule has 3 aromatic rings. The van der Waals surface area contributed by atoms with Gasteiger partial charge in [-0.15, -0.1) is 11.3 Å². The Morgan fingerprint density at radius 2 is 2.03 bits per heavy atom. The molecule has 0 spiro atoms. The van der Waals surface area contributed by atoms with Crippen molar-refractivity contribution in [2.45, 2.75) is 0 Å². The minimum atomic E-state index is -0.481. The van der Waals surface area contributed by atoms with Crippen molar-refractivity contribution in [1.29, 1.82) is 5.26 Å². The van der Waals surface area contributed by atoms with Crippen molar-refractivity contribution in [1.82, 2.24) is 4.98 Å². The largest absolute Gasteiger partial charge is 0.506 e. The van der Waals surface area contributed by atoms with Crippen LogP contribution >= 0.6 is 11.3 Å². The molecule has 1 aliphatic heterocycles. The van der Waals surface area contributed by atoms with Crippen LogP contribution in [0.5, 0.6) is 0 Å². The number of nitrogens with zero attached hydrogens (tertiary/aromatic N) is 4. The van der Waals surface area contributed by atoms with E-state index >= 15 is 0 Å². The molecule has 1 N–H and O–H groups in total. The summed E-state index contributed by atoms with van der Waals surface area (Å²) in [6, 6.07) is 13.9. The number of thiazole rings is 1. The number of para-hydroxylation sites is 1. The number of anilines is 1. The molecule has 1 fully saturated rings. The van der Waals surface area contributed by atoms with E-state index in [-0.39, 0.29) is 22.6 Å². The van der Waals surface area contributed by atoms with Crippen LogP contribution in [0.1, 0.15) is 10.6 Å². The number of hydrogen-bond donors (Lipinski definition) is 1. The molecule has 0 amide bonds. The second kappa shape index (κ2) is 7.87. The number of allylic oxidation sites excluding steroid dienone is 1. The Kier molecular flexibility index (Phi) is 5.12. The minimum Gasteiger partial charge on any atom is -0.506 e. The van der Waals surface area contributed by atoms with Gasteiger partial charge in [0.25, 0.3) is 5.69 Å². The van der Waals surface area contributed by atoms with Gasteiger partial charge in [-0.25, -0.2) is 4.98 Å². The number of aliphatic hydroxyl groups is 1. The van der Waals surface area contributed by atoms with Gasteiger partial charge in [0.05, 0.1) is 28.4 Å². The van der Waals surface area contributed by atoms with Crippen molar-refractivity contribution >= 4 is 44.3 Å². The first-order valence-electron chi connectivity index (χ1n) is 8.89. The third kappa shape index (κ3) is 3.63. The fourth-order valence-electron chi connectivity index (χ4n) is 3.21. The van der Waals surface area contributed by atoms with Gasteiger partial charge in [0.1, 0.15) is 28.1 Å². The number of rotatable bonds is 4. The molecule has 1 aromatic heterocycles. The van der Waals surface area contributed by atoms with Crippen LogP contribution in [-0.4, -0.2) is 41.3 Å². The molecular weight excluding hydrogens is 392 g/mol. The second-order valence-electron chi connectivity index (χ2n) is 6.38. The van der Waals surface area contributed by atoms with Crippen LogP contribution < -0.4 is 4.90 Å². The number of nitriles is 1. The fourth-order valence-corrected chi connectivity index (χ4v) is 4.18. The van der Waals surface area contributed by atoms with E-state index in [0.29, 0.717) is 37.0 Å². The highest BCUT2D eigenvalue weighted by molar-refractivity contribution is 7.19. The number of nitro groups is 1. The Morgan fingerprint density at radius 3 is 2.72 bits per heavy atom. The van der Waals surface area contributed by atoms with Gasteiger partial charge in [-0.1, -0.05) is 12.1 Å². The van der Waals surface area contributed by atoms with Gasteiger partial charge in [0, 0.05) is 24.7 Å². The molecule has 2 aromatic carbocycles. The summed E-state index contributed by atoms with van der Waals surface area (Å²) < 4.78 is 6.19. The van der Waals surface area contributed by atoms with Crippen LogP contribution in [0, 0.1) is 21.4 Å². The van der Waals surface area contributed by atoms with E-state index in [9.17, 15) is 20.5 Å². The van der Waals surface area contributed by atoms with Gasteiger partial charge in [0.15, 0.2) is 0 Å². The van der Waals surface area contributed by atoms with Crippen LogP contribution in [0.15, 0.2) is 42.5 Å². The van der Waals surface area contributed by atoms with Crippen molar-refractivity contribution in [2.75, 3.05) is 31.2 Å². The third-order valence-corrected chi connectivity index (χ3v) is 5.71. The average molecular weight is 408 g/mol. The number of benzene rings is 2. The molecule has 0 aliphatic carbocycles. The SMILES string of the molecule is N#C/C(=C(/O)c1ccc(N2CCOCC2)c([N+](=O)[O-])c1)c1nc2ccccc2s1. The Hall–Kier alpha value is -3.48. The highest BCUT2D eigenvalue weighted by Gasteiger charge is 2.24. The van der Waals surface area contributed by atoms with Crippen molar-refractivity contribution in [3.8, 4) is 6.07 Å². The summed E-state index contributed by atoms with van der Waals surface area (Å²) in [5.41, 5.74) is 1.25. The number of hydrogen-bond acceptors (Lipinski definition) is 8. The van der Waals surface area contributed by atoms with E-state index in [1.165, 1.54) is 17.4 Å². The van der Waals surface area contributed by atoms with E-state index in [4.69, 9.17) is 4.74 Å². The maximum absolute atomic E-state index is 11.6. The van der Waals surface area contributed by atoms with E-state index in [2.05, 4.69) is 4.98 Å². The summed E-state index contributed by atoms with van der Waals surface area (Å²) in [5.74, 6) is -0.330. The van der Waals surface area contributed by atoms with Gasteiger partial charge in [-0.2, -0.15) is 5.26 Å². The Morgan fingerprint density at radius 1 is 1.28 bits per heavy atom. The predicted octanol–water partition coefficient (Wildman–Crippen LogP) is 3.99. The van der Waals surface area contributed by atoms with Crippen LogP contribution in [0.25, 0.3) is 21.5 Å². The lowest BCUT2D eigenvalue weighted by molar-refractivity contribution is -0.384. The Labute approximate surface area is 170 Å². The molecular formula is C20H16N4O4S. The zero-order valence-electron chi connectivity index (χ0n) is 15.2. The molecule has 4 rings (SSSR count). The normalized spacial score (nSPS) is 15.1. The highest BCUT2D eigenvalue weighted by atomic mass is 32.1. The van der Waals surface area contributed by atoms with E-state index in [0.717, 1.165) is 10.2 Å². The first kappa shape index (κ1) is 18.9. The number of aromatic nitrogens is 1. The molecule has 146 valence electrons. The smallest absolute Gasteiger partial charge is 0.293 e. The Bertz CT molecular complexity index is 1130. The molecule has 0 atom stereocenters. The van der Waals surface area contributed by atoms with Crippen LogP contribution in [0.4, 0.5) is 11.4 Å². The van der Waals surface area contributed by atoms with Gasteiger partial charge in [-0.05, 0) is 24.3 Å². The zero-order valence-corrected chi connectivity index (χ0v) is 16.1. The van der Waals surface area contributed by atoms with Crippen molar-refractivity contribution in [3.63, 3.8) is 0 Å². The number of ether oxygens (including phenoxy) is 1. The quantitative estimate of drug-likeness (QED) is 0.300. The lowest BCUT2D eigenvalue weighted by atomic mass is 10.1. The lowest BCUT2D eigenvalue weighted by Gasteiger charge is -2.28. The maximum atomic E-state index is 11.6. The number of morpholine rings is 1. The van der Waals surface area contributed by atoms with Gasteiger partial charge < -0.3 is 14.7 Å². The topological polar surface area (TPSA) is 113 Å². The molecule has 0 saturated carbocycles. The summed E-state index contributed by atoms with van der Waals surface area (Å²) >= 11 is 1.28. The van der Waals surface area contributed by atoms with E-state index < -0.39 is 4.92 Å². The molecule has 1 aliphatic rings. The first-order valence-corrected chi connectivity index (χ1v) is 9.71. The molecule has 8 nitrogen and oxygen atoms in total. The zero-order chi connectivity index (χ0) is 20.4. The molecule has 29 heavy (non-hydrogen) atoms. The predicted molar refractivity (Wildman–Crippen MR) is 111 cm³/mol. The third-order valence-electron chi connectivity index (χ3n) is 4.65. The summed E-state index contributed by atoms with van der Waals surface area (Å²) in [7, 11) is 0. The molecule has 2 heterocycles. The van der Waals surface area contributed by atoms with Gasteiger partial charge in [0.2, 0.25) is 0 Å². The molecule has 0 bridgehead atoms. The minimum absolute atomic E-state index is 0.0142. The van der Waals surface area contributed by atoms with Crippen molar-refractivity contribution in [3.05, 3.63) is 63.1 Å². The second-order valence-corrected chi connectivity index (χ2v) is 7.41. The molecule has 0 unspecified atom stereocenters. The standard InChI is InChI=1S/C20H16N4O4S/c21-12-14(20-22-15-3-1-2-4-18(15)29-20)19(25)13-5-6-16(17(11-13)24(26)27)23-7-9-28-10-8-23/h1-6,11,25H,7-10H2/b19-14-. The summed E-state index contributed by atoms with van der Waals surface area (Å²) in [6.07, 6.45) is 0. The van der Waals surface area contributed by atoms with E-state index in [1.54, 1.807) is 12.1 Å². The average Bonchev–Trinajstić information content (AvgIpc) is 3.18. The monoisotopic (exact) mass is 408 g/mol. The van der Waals surface area contributed by atoms with Crippen molar-refractivity contribution in [2.24, 2.45) is 0 Å². The molecule has 0 radical (unpaired) electrons. The number of nitro benzene ring substituents is 1. The first-order chi connectivity index (χ1) is 14.1. The fraction of sp³-hybridized carbons (Fsp3) is 0.200. The van der Waals surface area contributed by atoms with E-state index in [1.807, 2.05) is 35.2 Å². The molecule has 1 saturated heterocycles. The lowest BCUT2D eigenvalue weighted by Crippen LogP contribution is -2.36. The van der Waals surface area contributed by atoms with Crippen LogP contribution in [-0.2, 0) is 4.74 Å². The highest BCUT2D eigenvalue weighted by Crippen LogP contribution is 2.35.